The fraction of sp³-hybridized carbons (Fsp3) is 0.214. The molecule has 2 atom stereocenters. The smallest absolute Gasteiger partial charge is 0.244 e. The summed E-state index contributed by atoms with van der Waals surface area (Å²) in [5.41, 5.74) is 5.12. The third-order valence-electron chi connectivity index (χ3n) is 7.48. The molecule has 3 amide bonds. The molecule has 2 bridgehead atoms. The average Bonchev–Trinajstić information content (AvgIpc) is 3.11. The van der Waals surface area contributed by atoms with Gasteiger partial charge in [0.15, 0.2) is 5.78 Å². The summed E-state index contributed by atoms with van der Waals surface area (Å²) in [6, 6.07) is 22.4. The lowest BCUT2D eigenvalue weighted by atomic mass is 9.55. The number of alkyl halides is 1. The van der Waals surface area contributed by atoms with Crippen LogP contribution in [-0.2, 0) is 18.7 Å². The SMILES string of the molecule is CC(=O)c1ccc(NC(=O)CN2C(=O)[C@H]3C4c5ccccc5C(Br)(c5ccccc54)[C@H]3C2=O)cc1. The number of hydrogen-bond acceptors (Lipinski definition) is 4. The number of amides is 3. The summed E-state index contributed by atoms with van der Waals surface area (Å²) in [5.74, 6) is -2.64. The zero-order valence-corrected chi connectivity index (χ0v) is 20.4. The van der Waals surface area contributed by atoms with Gasteiger partial charge in [-0.15, -0.1) is 0 Å². The van der Waals surface area contributed by atoms with Gasteiger partial charge in [-0.1, -0.05) is 64.5 Å². The number of hydrogen-bond donors (Lipinski definition) is 1. The van der Waals surface area contributed by atoms with E-state index in [0.29, 0.717) is 11.3 Å². The number of Topliss-reactive ketones (excluding diaryl/α,β-unsaturated/α-hetero) is 1. The highest BCUT2D eigenvalue weighted by atomic mass is 79.9. The number of nitrogens with one attached hydrogen (secondary N) is 1. The van der Waals surface area contributed by atoms with Crippen LogP contribution < -0.4 is 5.32 Å². The second-order valence-corrected chi connectivity index (χ2v) is 10.6. The third kappa shape index (κ3) is 3.01. The summed E-state index contributed by atoms with van der Waals surface area (Å²) >= 11 is 3.94. The number of rotatable bonds is 4. The summed E-state index contributed by atoms with van der Waals surface area (Å²) in [7, 11) is 0. The Morgan fingerprint density at radius 2 is 1.46 bits per heavy atom. The lowest BCUT2D eigenvalue weighted by molar-refractivity contribution is -0.142. The van der Waals surface area contributed by atoms with E-state index in [4.69, 9.17) is 0 Å². The number of likely N-dealkylation sites (tertiary alicyclic amines) is 1. The van der Waals surface area contributed by atoms with E-state index in [1.54, 1.807) is 24.3 Å². The minimum absolute atomic E-state index is 0.0703. The predicted molar refractivity (Wildman–Crippen MR) is 133 cm³/mol. The third-order valence-corrected chi connectivity index (χ3v) is 8.83. The number of ketones is 1. The molecular formula is C28H21BrN2O4. The summed E-state index contributed by atoms with van der Waals surface area (Å²) in [4.78, 5) is 52.8. The van der Waals surface area contributed by atoms with Crippen LogP contribution in [0.3, 0.4) is 0 Å². The van der Waals surface area contributed by atoms with Crippen molar-refractivity contribution in [3.05, 3.63) is 101 Å². The Morgan fingerprint density at radius 1 is 0.886 bits per heavy atom. The second kappa shape index (κ2) is 7.71. The van der Waals surface area contributed by atoms with Crippen LogP contribution in [0.4, 0.5) is 5.69 Å². The first-order valence-electron chi connectivity index (χ1n) is 11.5. The van der Waals surface area contributed by atoms with E-state index < -0.39 is 22.1 Å². The van der Waals surface area contributed by atoms with Gasteiger partial charge in [0, 0.05) is 17.2 Å². The molecule has 1 saturated heterocycles. The summed E-state index contributed by atoms with van der Waals surface area (Å²) in [6.07, 6.45) is 0. The van der Waals surface area contributed by atoms with Crippen LogP contribution in [0.25, 0.3) is 0 Å². The molecule has 1 N–H and O–H groups in total. The first-order chi connectivity index (χ1) is 16.8. The average molecular weight is 529 g/mol. The molecular weight excluding hydrogens is 508 g/mol. The van der Waals surface area contributed by atoms with E-state index in [1.165, 1.54) is 6.92 Å². The number of benzene rings is 3. The minimum atomic E-state index is -0.833. The number of halogens is 1. The maximum atomic E-state index is 13.7. The summed E-state index contributed by atoms with van der Waals surface area (Å²) in [5, 5.41) is 2.73. The number of carbonyl (C=O) groups is 4. The van der Waals surface area contributed by atoms with Gasteiger partial charge in [-0.05, 0) is 53.4 Å². The lowest BCUT2D eigenvalue weighted by Crippen LogP contribution is -2.50. The predicted octanol–water partition coefficient (Wildman–Crippen LogP) is 4.23. The number of nitrogens with zero attached hydrogens (tertiary/aromatic N) is 1. The zero-order valence-electron chi connectivity index (χ0n) is 18.8. The molecule has 0 saturated carbocycles. The maximum absolute atomic E-state index is 13.7. The highest BCUT2D eigenvalue weighted by molar-refractivity contribution is 9.09. The van der Waals surface area contributed by atoms with E-state index in [0.717, 1.165) is 27.2 Å². The van der Waals surface area contributed by atoms with Crippen LogP contribution in [0.5, 0.6) is 0 Å². The highest BCUT2D eigenvalue weighted by Crippen LogP contribution is 2.66. The molecule has 0 spiro atoms. The highest BCUT2D eigenvalue weighted by Gasteiger charge is 2.67. The van der Waals surface area contributed by atoms with Gasteiger partial charge >= 0.3 is 0 Å². The van der Waals surface area contributed by atoms with Crippen molar-refractivity contribution in [3.63, 3.8) is 0 Å². The normalized spacial score (nSPS) is 25.7. The second-order valence-electron chi connectivity index (χ2n) is 9.31. The van der Waals surface area contributed by atoms with E-state index in [2.05, 4.69) is 21.2 Å². The van der Waals surface area contributed by atoms with Crippen LogP contribution in [0.15, 0.2) is 72.8 Å². The Labute approximate surface area is 210 Å². The van der Waals surface area contributed by atoms with E-state index in [-0.39, 0.29) is 30.1 Å². The Balaban J connectivity index is 1.33. The van der Waals surface area contributed by atoms with E-state index in [1.807, 2.05) is 48.5 Å². The van der Waals surface area contributed by atoms with Crippen LogP contribution in [0, 0.1) is 11.8 Å². The molecule has 0 unspecified atom stereocenters. The van der Waals surface area contributed by atoms with Crippen molar-refractivity contribution in [2.24, 2.45) is 11.8 Å². The largest absolute Gasteiger partial charge is 0.325 e. The van der Waals surface area contributed by atoms with Crippen LogP contribution in [-0.4, -0.2) is 34.9 Å². The molecule has 174 valence electrons. The van der Waals surface area contributed by atoms with Gasteiger partial charge in [0.2, 0.25) is 17.7 Å². The van der Waals surface area contributed by atoms with E-state index in [9.17, 15) is 19.2 Å². The van der Waals surface area contributed by atoms with Crippen LogP contribution in [0.2, 0.25) is 0 Å². The van der Waals surface area contributed by atoms with E-state index >= 15 is 0 Å². The molecule has 35 heavy (non-hydrogen) atoms. The quantitative estimate of drug-likeness (QED) is 0.312. The molecule has 7 rings (SSSR count). The van der Waals surface area contributed by atoms with Crippen molar-refractivity contribution in [2.45, 2.75) is 17.2 Å². The number of carbonyl (C=O) groups excluding carboxylic acids is 4. The molecule has 6 nitrogen and oxygen atoms in total. The molecule has 1 aliphatic heterocycles. The molecule has 0 aromatic heterocycles. The first kappa shape index (κ1) is 21.9. The molecule has 3 aliphatic carbocycles. The summed E-state index contributed by atoms with van der Waals surface area (Å²) in [6.45, 7) is 1.11. The molecule has 3 aromatic rings. The molecule has 1 fully saturated rings. The van der Waals surface area contributed by atoms with Crippen molar-refractivity contribution in [2.75, 3.05) is 11.9 Å². The molecule has 0 radical (unpaired) electrons. The van der Waals surface area contributed by atoms with Gasteiger partial charge in [0.25, 0.3) is 0 Å². The monoisotopic (exact) mass is 528 g/mol. The Hall–Kier alpha value is -3.58. The Kier molecular flexibility index (Phi) is 4.83. The lowest BCUT2D eigenvalue weighted by Gasteiger charge is -2.51. The molecule has 3 aromatic carbocycles. The summed E-state index contributed by atoms with van der Waals surface area (Å²) < 4.78 is -0.833. The fourth-order valence-electron chi connectivity index (χ4n) is 6.03. The van der Waals surface area contributed by atoms with Gasteiger partial charge in [-0.3, -0.25) is 24.1 Å². The van der Waals surface area contributed by atoms with Crippen molar-refractivity contribution in [1.82, 2.24) is 4.90 Å². The molecule has 1 heterocycles. The first-order valence-corrected chi connectivity index (χ1v) is 12.3. The standard InChI is InChI=1S/C28H21BrN2O4/c1-15(32)16-10-12-17(13-11-16)30-22(33)14-31-26(34)24-23-18-6-2-4-8-20(18)28(29,25(24)27(31)35)21-9-5-3-7-19(21)23/h2-13,23-25H,14H2,1H3,(H,30,33)/t23?,24-,25+,28?/m0/s1. The molecule has 7 heteroatoms. The van der Waals surface area contributed by atoms with Gasteiger partial charge < -0.3 is 5.32 Å². The van der Waals surface area contributed by atoms with Crippen molar-refractivity contribution < 1.29 is 19.2 Å². The number of anilines is 1. The van der Waals surface area contributed by atoms with Crippen LogP contribution in [0.1, 0.15) is 45.5 Å². The van der Waals surface area contributed by atoms with Crippen LogP contribution >= 0.6 is 15.9 Å². The topological polar surface area (TPSA) is 83.6 Å². The Bertz CT molecular complexity index is 1380. The molecule has 4 aliphatic rings. The van der Waals surface area contributed by atoms with Gasteiger partial charge in [-0.2, -0.15) is 0 Å². The Morgan fingerprint density at radius 3 is 2.03 bits per heavy atom. The van der Waals surface area contributed by atoms with Crippen molar-refractivity contribution in [1.29, 1.82) is 0 Å². The minimum Gasteiger partial charge on any atom is -0.325 e. The van der Waals surface area contributed by atoms with Gasteiger partial charge in [-0.25, -0.2) is 0 Å². The van der Waals surface area contributed by atoms with Gasteiger partial charge in [0.05, 0.1) is 16.2 Å². The maximum Gasteiger partial charge on any atom is 0.244 e. The number of imide groups is 1. The zero-order chi connectivity index (χ0) is 24.5. The fourth-order valence-corrected chi connectivity index (χ4v) is 7.23. The van der Waals surface area contributed by atoms with Gasteiger partial charge in [0.1, 0.15) is 6.54 Å². The van der Waals surface area contributed by atoms with Crippen molar-refractivity contribution in [3.8, 4) is 0 Å². The van der Waals surface area contributed by atoms with Crippen molar-refractivity contribution >= 4 is 45.1 Å².